The fraction of sp³-hybridized carbons (Fsp3) is 0.750. The molecule has 0 fully saturated rings. The summed E-state index contributed by atoms with van der Waals surface area (Å²) < 4.78 is 1.83. The monoisotopic (exact) mass is 294 g/mol. The highest BCUT2D eigenvalue weighted by atomic mass is 16.1. The van der Waals surface area contributed by atoms with E-state index in [0.717, 1.165) is 23.5 Å². The second-order valence-electron chi connectivity index (χ2n) is 6.23. The molecule has 0 saturated carbocycles. The number of aryl methyl sites for hydroxylation is 2. The van der Waals surface area contributed by atoms with Crippen molar-refractivity contribution in [1.29, 1.82) is 0 Å². The molecule has 0 atom stereocenters. The molecule has 1 rings (SSSR count). The summed E-state index contributed by atoms with van der Waals surface area (Å²) in [6.45, 7) is 14.3. The van der Waals surface area contributed by atoms with E-state index in [1.807, 2.05) is 25.6 Å². The van der Waals surface area contributed by atoms with E-state index in [0.29, 0.717) is 25.0 Å². The number of hydrogen-bond acceptors (Lipinski definition) is 3. The summed E-state index contributed by atoms with van der Waals surface area (Å²) in [5.74, 6) is 0.0710. The Morgan fingerprint density at radius 1 is 1.24 bits per heavy atom. The van der Waals surface area contributed by atoms with Gasteiger partial charge in [-0.2, -0.15) is 5.10 Å². The van der Waals surface area contributed by atoms with Gasteiger partial charge in [-0.15, -0.1) is 0 Å². The first kappa shape index (κ1) is 17.7. The molecule has 120 valence electrons. The summed E-state index contributed by atoms with van der Waals surface area (Å²) >= 11 is 0. The molecular formula is C16H30N4O. The molecule has 0 aromatic carbocycles. The van der Waals surface area contributed by atoms with Gasteiger partial charge in [-0.25, -0.2) is 0 Å². The standard InChI is InChI=1S/C16H30N4O/c1-11(2)20(12(3)4)9-8-17-16(21)10-15-13(5)18-19(7)14(15)6/h11-12H,8-10H2,1-7H3,(H,17,21). The fourth-order valence-corrected chi connectivity index (χ4v) is 2.73. The largest absolute Gasteiger partial charge is 0.355 e. The molecule has 1 heterocycles. The van der Waals surface area contributed by atoms with Crippen LogP contribution in [-0.2, 0) is 18.3 Å². The Balaban J connectivity index is 2.48. The van der Waals surface area contributed by atoms with Crippen LogP contribution in [0.1, 0.15) is 44.6 Å². The maximum absolute atomic E-state index is 12.1. The fourth-order valence-electron chi connectivity index (χ4n) is 2.73. The van der Waals surface area contributed by atoms with Crippen molar-refractivity contribution < 1.29 is 4.79 Å². The summed E-state index contributed by atoms with van der Waals surface area (Å²) in [6.07, 6.45) is 0.412. The highest BCUT2D eigenvalue weighted by molar-refractivity contribution is 5.79. The molecule has 0 aliphatic rings. The first-order chi connectivity index (χ1) is 9.73. The van der Waals surface area contributed by atoms with E-state index < -0.39 is 0 Å². The van der Waals surface area contributed by atoms with Gasteiger partial charge in [-0.05, 0) is 41.5 Å². The zero-order chi connectivity index (χ0) is 16.2. The van der Waals surface area contributed by atoms with Gasteiger partial charge in [0.2, 0.25) is 5.91 Å². The summed E-state index contributed by atoms with van der Waals surface area (Å²) in [4.78, 5) is 14.5. The van der Waals surface area contributed by atoms with Crippen LogP contribution in [0.25, 0.3) is 0 Å². The molecule has 21 heavy (non-hydrogen) atoms. The molecule has 0 aliphatic heterocycles. The number of aromatic nitrogens is 2. The van der Waals surface area contributed by atoms with Gasteiger partial charge in [0.05, 0.1) is 12.1 Å². The third-order valence-corrected chi connectivity index (χ3v) is 4.01. The molecule has 0 radical (unpaired) electrons. The number of amides is 1. The van der Waals surface area contributed by atoms with Crippen LogP contribution in [0.5, 0.6) is 0 Å². The minimum Gasteiger partial charge on any atom is -0.355 e. The molecule has 5 nitrogen and oxygen atoms in total. The van der Waals surface area contributed by atoms with Crippen LogP contribution >= 0.6 is 0 Å². The van der Waals surface area contributed by atoms with Crippen molar-refractivity contribution in [1.82, 2.24) is 20.0 Å². The number of rotatable bonds is 7. The van der Waals surface area contributed by atoms with E-state index in [2.05, 4.69) is 43.0 Å². The van der Waals surface area contributed by atoms with Gasteiger partial charge in [-0.3, -0.25) is 14.4 Å². The first-order valence-electron chi connectivity index (χ1n) is 7.75. The van der Waals surface area contributed by atoms with Crippen LogP contribution < -0.4 is 5.32 Å². The Kier molecular flexibility index (Phi) is 6.40. The Hall–Kier alpha value is -1.36. The zero-order valence-corrected chi connectivity index (χ0v) is 14.5. The lowest BCUT2D eigenvalue weighted by Crippen LogP contribution is -2.42. The zero-order valence-electron chi connectivity index (χ0n) is 14.5. The van der Waals surface area contributed by atoms with E-state index in [-0.39, 0.29) is 5.91 Å². The predicted molar refractivity (Wildman–Crippen MR) is 86.4 cm³/mol. The van der Waals surface area contributed by atoms with Gasteiger partial charge in [0.15, 0.2) is 0 Å². The minimum atomic E-state index is 0.0710. The van der Waals surface area contributed by atoms with Crippen LogP contribution in [0.3, 0.4) is 0 Å². The Labute approximate surface area is 128 Å². The van der Waals surface area contributed by atoms with Crippen molar-refractivity contribution in [3.8, 4) is 0 Å². The minimum absolute atomic E-state index is 0.0710. The summed E-state index contributed by atoms with van der Waals surface area (Å²) in [6, 6.07) is 0.981. The van der Waals surface area contributed by atoms with Gasteiger partial charge in [0.1, 0.15) is 0 Å². The molecule has 1 aromatic heterocycles. The second kappa shape index (κ2) is 7.59. The molecule has 0 bridgehead atoms. The first-order valence-corrected chi connectivity index (χ1v) is 7.75. The second-order valence-corrected chi connectivity index (χ2v) is 6.23. The van der Waals surface area contributed by atoms with Crippen molar-refractivity contribution in [2.45, 2.75) is 60.0 Å². The highest BCUT2D eigenvalue weighted by Crippen LogP contribution is 2.12. The van der Waals surface area contributed by atoms with Gasteiger partial charge < -0.3 is 5.32 Å². The Bertz CT molecular complexity index is 469. The third-order valence-electron chi connectivity index (χ3n) is 4.01. The third kappa shape index (κ3) is 4.84. The van der Waals surface area contributed by atoms with Crippen molar-refractivity contribution in [2.75, 3.05) is 13.1 Å². The molecule has 5 heteroatoms. The van der Waals surface area contributed by atoms with Crippen LogP contribution in [0.4, 0.5) is 0 Å². The molecule has 0 saturated heterocycles. The maximum atomic E-state index is 12.1. The molecule has 0 spiro atoms. The van der Waals surface area contributed by atoms with E-state index in [1.165, 1.54) is 0 Å². The number of carbonyl (C=O) groups excluding carboxylic acids is 1. The average Bonchev–Trinajstić information content (AvgIpc) is 2.60. The highest BCUT2D eigenvalue weighted by Gasteiger charge is 2.15. The van der Waals surface area contributed by atoms with Crippen molar-refractivity contribution in [3.63, 3.8) is 0 Å². The van der Waals surface area contributed by atoms with Gasteiger partial charge in [0.25, 0.3) is 0 Å². The van der Waals surface area contributed by atoms with Crippen molar-refractivity contribution in [2.24, 2.45) is 7.05 Å². The Morgan fingerprint density at radius 2 is 1.81 bits per heavy atom. The van der Waals surface area contributed by atoms with Crippen LogP contribution in [-0.4, -0.2) is 45.8 Å². The summed E-state index contributed by atoms with van der Waals surface area (Å²) in [7, 11) is 1.91. The quantitative estimate of drug-likeness (QED) is 0.834. The van der Waals surface area contributed by atoms with Crippen LogP contribution in [0.2, 0.25) is 0 Å². The molecular weight excluding hydrogens is 264 g/mol. The number of carbonyl (C=O) groups is 1. The molecule has 0 aliphatic carbocycles. The van der Waals surface area contributed by atoms with Gasteiger partial charge in [-0.1, -0.05) is 0 Å². The number of hydrogen-bond donors (Lipinski definition) is 1. The SMILES string of the molecule is Cc1nn(C)c(C)c1CC(=O)NCCN(C(C)C)C(C)C. The van der Waals surface area contributed by atoms with Crippen molar-refractivity contribution >= 4 is 5.91 Å². The molecule has 1 aromatic rings. The van der Waals surface area contributed by atoms with E-state index in [1.54, 1.807) is 0 Å². The predicted octanol–water partition coefficient (Wildman–Crippen LogP) is 1.81. The number of nitrogens with zero attached hydrogens (tertiary/aromatic N) is 3. The lowest BCUT2D eigenvalue weighted by atomic mass is 10.1. The lowest BCUT2D eigenvalue weighted by molar-refractivity contribution is -0.120. The van der Waals surface area contributed by atoms with Gasteiger partial charge >= 0.3 is 0 Å². The summed E-state index contributed by atoms with van der Waals surface area (Å²) in [5.41, 5.74) is 3.05. The molecule has 0 unspecified atom stereocenters. The smallest absolute Gasteiger partial charge is 0.224 e. The Morgan fingerprint density at radius 3 is 2.24 bits per heavy atom. The number of nitrogens with one attached hydrogen (secondary N) is 1. The van der Waals surface area contributed by atoms with E-state index >= 15 is 0 Å². The molecule has 1 amide bonds. The molecule has 1 N–H and O–H groups in total. The lowest BCUT2D eigenvalue weighted by Gasteiger charge is -2.30. The van der Waals surface area contributed by atoms with Crippen molar-refractivity contribution in [3.05, 3.63) is 17.0 Å². The summed E-state index contributed by atoms with van der Waals surface area (Å²) in [5, 5.41) is 7.36. The average molecular weight is 294 g/mol. The van der Waals surface area contributed by atoms with E-state index in [9.17, 15) is 4.79 Å². The van der Waals surface area contributed by atoms with E-state index in [4.69, 9.17) is 0 Å². The van der Waals surface area contributed by atoms with Crippen LogP contribution in [0.15, 0.2) is 0 Å². The van der Waals surface area contributed by atoms with Gasteiger partial charge in [0, 0.05) is 43.5 Å². The topological polar surface area (TPSA) is 50.2 Å². The normalized spacial score (nSPS) is 11.7. The van der Waals surface area contributed by atoms with Crippen LogP contribution in [0, 0.1) is 13.8 Å². The maximum Gasteiger partial charge on any atom is 0.224 e.